The van der Waals surface area contributed by atoms with Crippen molar-refractivity contribution in [3.63, 3.8) is 0 Å². The zero-order valence-corrected chi connectivity index (χ0v) is 16.7. The summed E-state index contributed by atoms with van der Waals surface area (Å²) in [7, 11) is 0. The van der Waals surface area contributed by atoms with Crippen molar-refractivity contribution in [2.45, 2.75) is 59.2 Å². The highest BCUT2D eigenvalue weighted by molar-refractivity contribution is 5.84. The molecule has 0 bridgehead atoms. The van der Waals surface area contributed by atoms with Gasteiger partial charge < -0.3 is 14.9 Å². The minimum absolute atomic E-state index is 0.319. The van der Waals surface area contributed by atoms with Crippen LogP contribution in [0.5, 0.6) is 0 Å². The Labute approximate surface area is 159 Å². The molecule has 1 aliphatic heterocycles. The molecule has 8 heteroatoms. The molecule has 0 radical (unpaired) electrons. The lowest BCUT2D eigenvalue weighted by atomic mass is 10.0. The van der Waals surface area contributed by atoms with Crippen molar-refractivity contribution in [1.82, 2.24) is 9.80 Å². The molecule has 1 fully saturated rings. The van der Waals surface area contributed by atoms with E-state index in [2.05, 4.69) is 4.99 Å². The normalized spacial score (nSPS) is 20.0. The van der Waals surface area contributed by atoms with Crippen molar-refractivity contribution in [3.05, 3.63) is 23.0 Å². The van der Waals surface area contributed by atoms with Gasteiger partial charge in [0.05, 0.1) is 5.57 Å². The van der Waals surface area contributed by atoms with E-state index in [1.807, 2.05) is 18.7 Å². The molecule has 0 aromatic rings. The van der Waals surface area contributed by atoms with Crippen LogP contribution in [0.4, 0.5) is 13.2 Å². The molecule has 1 atom stereocenters. The van der Waals surface area contributed by atoms with Gasteiger partial charge in [0.2, 0.25) is 0 Å². The first-order valence-corrected chi connectivity index (χ1v) is 9.21. The van der Waals surface area contributed by atoms with Gasteiger partial charge in [-0.2, -0.15) is 13.2 Å². The maximum absolute atomic E-state index is 12.9. The number of aliphatic hydroxyl groups is 1. The second-order valence-corrected chi connectivity index (χ2v) is 6.86. The van der Waals surface area contributed by atoms with Crippen LogP contribution in [0, 0.1) is 0 Å². The monoisotopic (exact) mass is 389 g/mol. The van der Waals surface area contributed by atoms with Gasteiger partial charge in [-0.3, -0.25) is 4.79 Å². The highest BCUT2D eigenvalue weighted by Crippen LogP contribution is 2.25. The van der Waals surface area contributed by atoms with Gasteiger partial charge in [0.15, 0.2) is 0 Å². The van der Waals surface area contributed by atoms with Gasteiger partial charge in [0.25, 0.3) is 5.91 Å². The number of nitrogens with zero attached hydrogens (tertiary/aromatic N) is 3. The first-order valence-electron chi connectivity index (χ1n) is 9.21. The van der Waals surface area contributed by atoms with E-state index in [-0.39, 0.29) is 5.91 Å². The van der Waals surface area contributed by atoms with Gasteiger partial charge in [0, 0.05) is 32.4 Å². The second kappa shape index (κ2) is 9.39. The van der Waals surface area contributed by atoms with Crippen molar-refractivity contribution >= 4 is 12.1 Å². The molecule has 1 rings (SSSR count). The SMILES string of the molecule is C/C=C(\C=N/C(=C(C)CC)N1CCN(C(=O)C(C)(O)CC)CC1)C(F)(F)F. The van der Waals surface area contributed by atoms with E-state index >= 15 is 0 Å². The van der Waals surface area contributed by atoms with Crippen molar-refractivity contribution in [2.75, 3.05) is 26.2 Å². The summed E-state index contributed by atoms with van der Waals surface area (Å²) < 4.78 is 38.8. The van der Waals surface area contributed by atoms with Crippen molar-refractivity contribution in [2.24, 2.45) is 4.99 Å². The molecule has 0 spiro atoms. The van der Waals surface area contributed by atoms with Crippen LogP contribution in [0.1, 0.15) is 47.5 Å². The molecular formula is C19H30F3N3O2. The lowest BCUT2D eigenvalue weighted by Gasteiger charge is -2.39. The Balaban J connectivity index is 2.94. The first-order chi connectivity index (χ1) is 12.5. The number of alkyl halides is 3. The smallest absolute Gasteiger partial charge is 0.380 e. The number of hydrogen-bond acceptors (Lipinski definition) is 4. The van der Waals surface area contributed by atoms with E-state index in [0.717, 1.165) is 17.9 Å². The zero-order valence-electron chi connectivity index (χ0n) is 16.7. The summed E-state index contributed by atoms with van der Waals surface area (Å²) in [4.78, 5) is 20.0. The van der Waals surface area contributed by atoms with E-state index in [0.29, 0.717) is 44.8 Å². The third kappa shape index (κ3) is 6.09. The molecule has 0 aromatic carbocycles. The lowest BCUT2D eigenvalue weighted by Crippen LogP contribution is -2.54. The Morgan fingerprint density at radius 3 is 2.07 bits per heavy atom. The number of rotatable bonds is 6. The summed E-state index contributed by atoms with van der Waals surface area (Å²) in [6.07, 6.45) is -1.62. The highest BCUT2D eigenvalue weighted by atomic mass is 19.4. The Bertz CT molecular complexity index is 614. The Kier molecular flexibility index (Phi) is 8.07. The summed E-state index contributed by atoms with van der Waals surface area (Å²) >= 11 is 0. The second-order valence-electron chi connectivity index (χ2n) is 6.86. The van der Waals surface area contributed by atoms with E-state index < -0.39 is 17.4 Å². The van der Waals surface area contributed by atoms with E-state index in [9.17, 15) is 23.1 Å². The number of allylic oxidation sites excluding steroid dienone is 3. The summed E-state index contributed by atoms with van der Waals surface area (Å²) in [5, 5.41) is 10.1. The van der Waals surface area contributed by atoms with Gasteiger partial charge in [-0.15, -0.1) is 0 Å². The Morgan fingerprint density at radius 1 is 1.15 bits per heavy atom. The van der Waals surface area contributed by atoms with Gasteiger partial charge in [-0.05, 0) is 39.2 Å². The molecule has 1 unspecified atom stereocenters. The number of carbonyl (C=O) groups excluding carboxylic acids is 1. The van der Waals surface area contributed by atoms with Crippen LogP contribution in [-0.4, -0.2) is 65.0 Å². The third-order valence-electron chi connectivity index (χ3n) is 4.89. The van der Waals surface area contributed by atoms with Crippen LogP contribution in [0.3, 0.4) is 0 Å². The minimum atomic E-state index is -4.44. The topological polar surface area (TPSA) is 56.1 Å². The van der Waals surface area contributed by atoms with Gasteiger partial charge >= 0.3 is 6.18 Å². The average Bonchev–Trinajstić information content (AvgIpc) is 2.63. The number of carbonyl (C=O) groups is 1. The molecule has 1 N–H and O–H groups in total. The van der Waals surface area contributed by atoms with Crippen LogP contribution < -0.4 is 0 Å². The Hall–Kier alpha value is -1.83. The number of hydrogen-bond donors (Lipinski definition) is 1. The highest BCUT2D eigenvalue weighted by Gasteiger charge is 2.35. The molecule has 0 aromatic heterocycles. The summed E-state index contributed by atoms with van der Waals surface area (Å²) in [6.45, 7) is 10.0. The van der Waals surface area contributed by atoms with E-state index in [4.69, 9.17) is 0 Å². The maximum atomic E-state index is 12.9. The maximum Gasteiger partial charge on any atom is 0.417 e. The van der Waals surface area contributed by atoms with Crippen molar-refractivity contribution in [1.29, 1.82) is 0 Å². The fraction of sp³-hybridized carbons (Fsp3) is 0.684. The van der Waals surface area contributed by atoms with Crippen molar-refractivity contribution in [3.8, 4) is 0 Å². The predicted molar refractivity (Wildman–Crippen MR) is 100 cm³/mol. The number of aliphatic imine (C=N–C) groups is 1. The molecule has 1 saturated heterocycles. The van der Waals surface area contributed by atoms with E-state index in [1.165, 1.54) is 13.8 Å². The number of halogens is 3. The molecule has 0 saturated carbocycles. The van der Waals surface area contributed by atoms with Crippen molar-refractivity contribution < 1.29 is 23.1 Å². The zero-order chi connectivity index (χ0) is 20.8. The average molecular weight is 389 g/mol. The van der Waals surface area contributed by atoms with Crippen LogP contribution in [0.2, 0.25) is 0 Å². The van der Waals surface area contributed by atoms with Gasteiger partial charge in [-0.1, -0.05) is 19.9 Å². The summed E-state index contributed by atoms with van der Waals surface area (Å²) in [5.41, 5.74) is -1.31. The number of amides is 1. The van der Waals surface area contributed by atoms with Gasteiger partial charge in [-0.25, -0.2) is 4.99 Å². The summed E-state index contributed by atoms with van der Waals surface area (Å²) in [6, 6.07) is 0. The quantitative estimate of drug-likeness (QED) is 0.708. The molecule has 1 heterocycles. The molecule has 0 aliphatic carbocycles. The Morgan fingerprint density at radius 2 is 1.67 bits per heavy atom. The molecule has 5 nitrogen and oxygen atoms in total. The van der Waals surface area contributed by atoms with E-state index in [1.54, 1.807) is 11.8 Å². The standard InChI is InChI=1S/C19H30F3N3O2/c1-6-14(4)16(23-13-15(7-2)19(20,21)22)24-9-11-25(12-10-24)17(26)18(5,27)8-3/h7,13,27H,6,8-12H2,1-5H3/b15-7+,16-14?,23-13-. The minimum Gasteiger partial charge on any atom is -0.380 e. The third-order valence-corrected chi connectivity index (χ3v) is 4.89. The fourth-order valence-corrected chi connectivity index (χ4v) is 2.68. The first kappa shape index (κ1) is 23.2. The molecule has 1 aliphatic rings. The number of piperazine rings is 1. The molecular weight excluding hydrogens is 359 g/mol. The molecule has 27 heavy (non-hydrogen) atoms. The fourth-order valence-electron chi connectivity index (χ4n) is 2.68. The largest absolute Gasteiger partial charge is 0.417 e. The lowest BCUT2D eigenvalue weighted by molar-refractivity contribution is -0.151. The van der Waals surface area contributed by atoms with Gasteiger partial charge in [0.1, 0.15) is 11.4 Å². The predicted octanol–water partition coefficient (Wildman–Crippen LogP) is 3.51. The molecule has 1 amide bonds. The summed E-state index contributed by atoms with van der Waals surface area (Å²) in [5.74, 6) is 0.189. The van der Waals surface area contributed by atoms with Crippen LogP contribution in [0.15, 0.2) is 28.0 Å². The van der Waals surface area contributed by atoms with Crippen LogP contribution in [0.25, 0.3) is 0 Å². The molecule has 154 valence electrons. The van der Waals surface area contributed by atoms with Crippen LogP contribution >= 0.6 is 0 Å². The van der Waals surface area contributed by atoms with Crippen LogP contribution in [-0.2, 0) is 4.79 Å².